The molecule has 0 aliphatic carbocycles. The second-order valence-corrected chi connectivity index (χ2v) is 6.78. The van der Waals surface area contributed by atoms with E-state index in [9.17, 15) is 4.79 Å². The van der Waals surface area contributed by atoms with Crippen LogP contribution < -0.4 is 10.1 Å². The van der Waals surface area contributed by atoms with Crippen LogP contribution in [0.2, 0.25) is 10.0 Å². The lowest BCUT2D eigenvalue weighted by atomic mass is 10.2. The first-order valence-corrected chi connectivity index (χ1v) is 9.22. The molecule has 0 unspecified atom stereocenters. The fraction of sp³-hybridized carbons (Fsp3) is 0.200. The lowest BCUT2D eigenvalue weighted by molar-refractivity contribution is -0.116. The van der Waals surface area contributed by atoms with E-state index in [0.29, 0.717) is 15.8 Å². The van der Waals surface area contributed by atoms with Crippen LogP contribution in [0.15, 0.2) is 54.9 Å². The summed E-state index contributed by atoms with van der Waals surface area (Å²) in [5.41, 5.74) is 1.87. The minimum Gasteiger partial charge on any atom is -0.491 e. The van der Waals surface area contributed by atoms with Gasteiger partial charge in [0, 0.05) is 24.6 Å². The summed E-state index contributed by atoms with van der Waals surface area (Å²) in [7, 11) is 0. The van der Waals surface area contributed by atoms with Crippen molar-refractivity contribution in [1.29, 1.82) is 0 Å². The molecule has 0 atom stereocenters. The molecule has 0 aliphatic heterocycles. The Hall–Kier alpha value is -2.50. The van der Waals surface area contributed by atoms with Crippen LogP contribution >= 0.6 is 23.2 Å². The van der Waals surface area contributed by atoms with Gasteiger partial charge in [-0.1, -0.05) is 41.4 Å². The maximum absolute atomic E-state index is 12.1. The maximum Gasteiger partial charge on any atom is 0.227 e. The summed E-state index contributed by atoms with van der Waals surface area (Å²) in [6.07, 6.45) is 3.93. The molecule has 0 fully saturated rings. The zero-order valence-corrected chi connectivity index (χ0v) is 16.3. The molecule has 1 heterocycles. The minimum atomic E-state index is -0.133. The Labute approximate surface area is 167 Å². The second-order valence-electron chi connectivity index (χ2n) is 6.00. The van der Waals surface area contributed by atoms with Gasteiger partial charge in [-0.05, 0) is 36.8 Å². The molecule has 0 saturated heterocycles. The number of halogens is 2. The van der Waals surface area contributed by atoms with Crippen LogP contribution in [0, 0.1) is 6.92 Å². The molecule has 27 heavy (non-hydrogen) atoms. The van der Waals surface area contributed by atoms with Crippen molar-refractivity contribution in [3.05, 3.63) is 76.3 Å². The Morgan fingerprint density at radius 2 is 1.96 bits per heavy atom. The number of ether oxygens (including phenoxy) is 1. The summed E-state index contributed by atoms with van der Waals surface area (Å²) < 4.78 is 7.59. The van der Waals surface area contributed by atoms with Crippen LogP contribution in [0.5, 0.6) is 5.75 Å². The van der Waals surface area contributed by atoms with Gasteiger partial charge in [0.05, 0.1) is 18.1 Å². The predicted molar refractivity (Wildman–Crippen MR) is 108 cm³/mol. The Morgan fingerprint density at radius 3 is 2.67 bits per heavy atom. The molecule has 140 valence electrons. The number of amides is 1. The van der Waals surface area contributed by atoms with Crippen molar-refractivity contribution < 1.29 is 9.53 Å². The Kier molecular flexibility index (Phi) is 6.37. The number of hydrogen-bond acceptors (Lipinski definition) is 3. The highest BCUT2D eigenvalue weighted by molar-refractivity contribution is 6.42. The quantitative estimate of drug-likeness (QED) is 0.606. The number of carbonyl (C=O) groups excluding carboxylic acids is 1. The highest BCUT2D eigenvalue weighted by Crippen LogP contribution is 2.31. The van der Waals surface area contributed by atoms with Gasteiger partial charge in [-0.15, -0.1) is 0 Å². The van der Waals surface area contributed by atoms with Crippen LogP contribution in [0.1, 0.15) is 17.8 Å². The monoisotopic (exact) mass is 403 g/mol. The molecule has 7 heteroatoms. The third kappa shape index (κ3) is 5.25. The van der Waals surface area contributed by atoms with Crippen molar-refractivity contribution in [3.63, 3.8) is 0 Å². The molecule has 5 nitrogen and oxygen atoms in total. The maximum atomic E-state index is 12.1. The molecule has 0 aliphatic rings. The standard InChI is InChI=1S/C20H19Cl2N3O2/c1-14-23-10-11-25(14)13-15-5-7-16(8-6-15)24-19(26)9-12-27-18-4-2-3-17(21)20(18)22/h2-8,10-11H,9,12-13H2,1H3,(H,24,26). The average molecular weight is 404 g/mol. The van der Waals surface area contributed by atoms with Crippen LogP contribution in [-0.2, 0) is 11.3 Å². The number of nitrogens with one attached hydrogen (secondary N) is 1. The number of aryl methyl sites for hydroxylation is 1. The van der Waals surface area contributed by atoms with Gasteiger partial charge in [-0.2, -0.15) is 0 Å². The van der Waals surface area contributed by atoms with Crippen molar-refractivity contribution >= 4 is 34.8 Å². The minimum absolute atomic E-state index is 0.133. The van der Waals surface area contributed by atoms with E-state index in [1.165, 1.54) is 0 Å². The van der Waals surface area contributed by atoms with Gasteiger partial charge in [-0.3, -0.25) is 4.79 Å². The summed E-state index contributed by atoms with van der Waals surface area (Å²) in [6, 6.07) is 12.9. The number of nitrogens with zero attached hydrogens (tertiary/aromatic N) is 2. The van der Waals surface area contributed by atoms with E-state index in [4.69, 9.17) is 27.9 Å². The molecule has 2 aromatic carbocycles. The van der Waals surface area contributed by atoms with E-state index in [-0.39, 0.29) is 18.9 Å². The van der Waals surface area contributed by atoms with Crippen molar-refractivity contribution in [2.24, 2.45) is 0 Å². The smallest absolute Gasteiger partial charge is 0.227 e. The molecule has 0 bridgehead atoms. The van der Waals surface area contributed by atoms with Gasteiger partial charge in [-0.25, -0.2) is 4.98 Å². The number of benzene rings is 2. The lowest BCUT2D eigenvalue weighted by Crippen LogP contribution is -2.15. The molecule has 3 rings (SSSR count). The van der Waals surface area contributed by atoms with Crippen molar-refractivity contribution in [2.45, 2.75) is 19.9 Å². The molecule has 0 saturated carbocycles. The van der Waals surface area contributed by atoms with Gasteiger partial charge >= 0.3 is 0 Å². The summed E-state index contributed by atoms with van der Waals surface area (Å²) in [6.45, 7) is 2.92. The molecule has 1 N–H and O–H groups in total. The van der Waals surface area contributed by atoms with Gasteiger partial charge < -0.3 is 14.6 Å². The molecule has 1 amide bonds. The summed E-state index contributed by atoms with van der Waals surface area (Å²) in [5.74, 6) is 1.30. The van der Waals surface area contributed by atoms with E-state index >= 15 is 0 Å². The first kappa shape index (κ1) is 19.3. The largest absolute Gasteiger partial charge is 0.491 e. The van der Waals surface area contributed by atoms with Crippen molar-refractivity contribution in [1.82, 2.24) is 9.55 Å². The van der Waals surface area contributed by atoms with Gasteiger partial charge in [0.2, 0.25) is 5.91 Å². The summed E-state index contributed by atoms with van der Waals surface area (Å²) in [4.78, 5) is 16.3. The number of imidazole rings is 1. The number of anilines is 1. The summed E-state index contributed by atoms with van der Waals surface area (Å²) >= 11 is 12.0. The second kappa shape index (κ2) is 8.93. The molecule has 3 aromatic rings. The molecular formula is C20H19Cl2N3O2. The van der Waals surface area contributed by atoms with E-state index in [1.54, 1.807) is 24.4 Å². The molecular weight excluding hydrogens is 385 g/mol. The fourth-order valence-corrected chi connectivity index (χ4v) is 2.88. The highest BCUT2D eigenvalue weighted by Gasteiger charge is 2.08. The SMILES string of the molecule is Cc1nccn1Cc1ccc(NC(=O)CCOc2cccc(Cl)c2Cl)cc1. The van der Waals surface area contributed by atoms with E-state index < -0.39 is 0 Å². The Bertz CT molecular complexity index is 923. The van der Waals surface area contributed by atoms with E-state index in [2.05, 4.69) is 14.9 Å². The normalized spacial score (nSPS) is 10.6. The summed E-state index contributed by atoms with van der Waals surface area (Å²) in [5, 5.41) is 3.63. The topological polar surface area (TPSA) is 56.2 Å². The highest BCUT2D eigenvalue weighted by atomic mass is 35.5. The first-order chi connectivity index (χ1) is 13.0. The average Bonchev–Trinajstić information content (AvgIpc) is 3.05. The Balaban J connectivity index is 1.48. The molecule has 0 spiro atoms. The van der Waals surface area contributed by atoms with Crippen LogP contribution in [0.4, 0.5) is 5.69 Å². The zero-order valence-electron chi connectivity index (χ0n) is 14.8. The lowest BCUT2D eigenvalue weighted by Gasteiger charge is -2.10. The number of rotatable bonds is 7. The van der Waals surface area contributed by atoms with Gasteiger partial charge in [0.1, 0.15) is 16.6 Å². The van der Waals surface area contributed by atoms with Crippen LogP contribution in [0.25, 0.3) is 0 Å². The van der Waals surface area contributed by atoms with Crippen LogP contribution in [-0.4, -0.2) is 22.1 Å². The number of hydrogen-bond donors (Lipinski definition) is 1. The number of carbonyl (C=O) groups is 1. The van der Waals surface area contributed by atoms with Crippen LogP contribution in [0.3, 0.4) is 0 Å². The van der Waals surface area contributed by atoms with Gasteiger partial charge in [0.15, 0.2) is 0 Å². The number of aromatic nitrogens is 2. The van der Waals surface area contributed by atoms with E-state index in [1.807, 2.05) is 37.4 Å². The van der Waals surface area contributed by atoms with E-state index in [0.717, 1.165) is 23.6 Å². The molecule has 1 aromatic heterocycles. The van der Waals surface area contributed by atoms with Gasteiger partial charge in [0.25, 0.3) is 0 Å². The third-order valence-electron chi connectivity index (χ3n) is 4.02. The third-order valence-corrected chi connectivity index (χ3v) is 4.82. The first-order valence-electron chi connectivity index (χ1n) is 8.46. The molecule has 0 radical (unpaired) electrons. The predicted octanol–water partition coefficient (Wildman–Crippen LogP) is 4.95. The zero-order chi connectivity index (χ0) is 19.2. The van der Waals surface area contributed by atoms with Crippen molar-refractivity contribution in [2.75, 3.05) is 11.9 Å². The Morgan fingerprint density at radius 1 is 1.19 bits per heavy atom. The van der Waals surface area contributed by atoms with Crippen molar-refractivity contribution in [3.8, 4) is 5.75 Å². The fourth-order valence-electron chi connectivity index (χ4n) is 2.53.